The van der Waals surface area contributed by atoms with E-state index in [9.17, 15) is 22.9 Å². The van der Waals surface area contributed by atoms with Crippen molar-refractivity contribution in [1.29, 1.82) is 0 Å². The van der Waals surface area contributed by atoms with Crippen LogP contribution in [0.1, 0.15) is 5.56 Å². The van der Waals surface area contributed by atoms with E-state index in [4.69, 9.17) is 11.6 Å². The van der Waals surface area contributed by atoms with Crippen molar-refractivity contribution in [2.45, 2.75) is 11.4 Å². The average Bonchev–Trinajstić information content (AvgIpc) is 2.64. The fourth-order valence-corrected chi connectivity index (χ4v) is 4.79. The lowest BCUT2D eigenvalue weighted by Crippen LogP contribution is -2.48. The quantitative estimate of drug-likeness (QED) is 0.556. The largest absolute Gasteiger partial charge is 0.296 e. The Morgan fingerprint density at radius 1 is 1.11 bits per heavy atom. The summed E-state index contributed by atoms with van der Waals surface area (Å²) in [5.74, 6) is -0.413. The minimum Gasteiger partial charge on any atom is -0.296 e. The molecule has 1 aliphatic heterocycles. The molecule has 27 heavy (non-hydrogen) atoms. The van der Waals surface area contributed by atoms with Gasteiger partial charge in [0.2, 0.25) is 10.0 Å². The number of nitro benzene ring substituents is 1. The van der Waals surface area contributed by atoms with Gasteiger partial charge in [0.1, 0.15) is 5.82 Å². The fourth-order valence-electron chi connectivity index (χ4n) is 2.98. The Morgan fingerprint density at radius 2 is 1.78 bits per heavy atom. The van der Waals surface area contributed by atoms with E-state index in [0.717, 1.165) is 5.56 Å². The number of nitrogens with zero attached hydrogens (tertiary/aromatic N) is 3. The highest BCUT2D eigenvalue weighted by Crippen LogP contribution is 2.27. The van der Waals surface area contributed by atoms with Crippen LogP contribution in [0.25, 0.3) is 0 Å². The van der Waals surface area contributed by atoms with Crippen molar-refractivity contribution in [3.63, 3.8) is 0 Å². The maximum absolute atomic E-state index is 13.1. The molecule has 2 aromatic carbocycles. The van der Waals surface area contributed by atoms with E-state index in [2.05, 4.69) is 0 Å². The lowest BCUT2D eigenvalue weighted by Gasteiger charge is -2.34. The summed E-state index contributed by atoms with van der Waals surface area (Å²) < 4.78 is 40.0. The third-order valence-corrected chi connectivity index (χ3v) is 6.72. The van der Waals surface area contributed by atoms with Crippen LogP contribution in [-0.2, 0) is 16.6 Å². The van der Waals surface area contributed by atoms with E-state index in [1.54, 1.807) is 6.07 Å². The molecule has 1 saturated heterocycles. The summed E-state index contributed by atoms with van der Waals surface area (Å²) in [5, 5.41) is 11.5. The molecule has 1 heterocycles. The standard InChI is InChI=1S/C17H17ClFN3O4S/c18-15-11-14(19)6-5-13(15)12-20-7-9-21(10-8-20)27(25,26)17-4-2-1-3-16(17)22(23)24/h1-6,11H,7-10,12H2. The number of benzene rings is 2. The molecule has 7 nitrogen and oxygen atoms in total. The Labute approximate surface area is 161 Å². The van der Waals surface area contributed by atoms with Gasteiger partial charge in [-0.05, 0) is 23.8 Å². The molecule has 3 rings (SSSR count). The van der Waals surface area contributed by atoms with E-state index in [1.165, 1.54) is 40.7 Å². The molecule has 144 valence electrons. The third-order valence-electron chi connectivity index (χ3n) is 4.42. The van der Waals surface area contributed by atoms with Crippen molar-refractivity contribution < 1.29 is 17.7 Å². The predicted octanol–water partition coefficient (Wildman–Crippen LogP) is 2.89. The van der Waals surface area contributed by atoms with Gasteiger partial charge in [0.25, 0.3) is 5.69 Å². The molecule has 0 unspecified atom stereocenters. The zero-order valence-electron chi connectivity index (χ0n) is 14.2. The molecular weight excluding hydrogens is 397 g/mol. The van der Waals surface area contributed by atoms with Crippen molar-refractivity contribution in [3.8, 4) is 0 Å². The molecule has 0 aliphatic carbocycles. The topological polar surface area (TPSA) is 83.8 Å². The fraction of sp³-hybridized carbons (Fsp3) is 0.294. The van der Waals surface area contributed by atoms with Gasteiger partial charge in [-0.15, -0.1) is 0 Å². The van der Waals surface area contributed by atoms with Gasteiger partial charge in [0.05, 0.1) is 4.92 Å². The van der Waals surface area contributed by atoms with Gasteiger partial charge < -0.3 is 0 Å². The maximum atomic E-state index is 13.1. The number of para-hydroxylation sites is 1. The molecule has 0 N–H and O–H groups in total. The van der Waals surface area contributed by atoms with E-state index in [1.807, 2.05) is 4.90 Å². The average molecular weight is 414 g/mol. The Bertz CT molecular complexity index is 962. The van der Waals surface area contributed by atoms with Gasteiger partial charge in [-0.1, -0.05) is 29.8 Å². The Hall–Kier alpha value is -2.07. The van der Waals surface area contributed by atoms with Crippen LogP contribution in [0.2, 0.25) is 5.02 Å². The van der Waals surface area contributed by atoms with Gasteiger partial charge in [0, 0.05) is 43.8 Å². The smallest absolute Gasteiger partial charge is 0.289 e. The first-order chi connectivity index (χ1) is 12.8. The first-order valence-corrected chi connectivity index (χ1v) is 10.0. The van der Waals surface area contributed by atoms with Crippen molar-refractivity contribution >= 4 is 27.3 Å². The zero-order chi connectivity index (χ0) is 19.6. The molecule has 0 saturated carbocycles. The molecule has 0 bridgehead atoms. The van der Waals surface area contributed by atoms with Crippen molar-refractivity contribution in [2.75, 3.05) is 26.2 Å². The molecule has 0 radical (unpaired) electrons. The number of nitro groups is 1. The van der Waals surface area contributed by atoms with Crippen molar-refractivity contribution in [3.05, 3.63) is 69.0 Å². The Morgan fingerprint density at radius 3 is 2.41 bits per heavy atom. The van der Waals surface area contributed by atoms with Crippen LogP contribution in [0.5, 0.6) is 0 Å². The molecule has 1 aliphatic rings. The van der Waals surface area contributed by atoms with E-state index < -0.39 is 26.5 Å². The second kappa shape index (κ2) is 7.89. The summed E-state index contributed by atoms with van der Waals surface area (Å²) in [6.07, 6.45) is 0. The number of halogens is 2. The maximum Gasteiger partial charge on any atom is 0.289 e. The van der Waals surface area contributed by atoms with Crippen molar-refractivity contribution in [1.82, 2.24) is 9.21 Å². The molecule has 2 aromatic rings. The Kier molecular flexibility index (Phi) is 5.75. The summed E-state index contributed by atoms with van der Waals surface area (Å²) >= 11 is 6.04. The monoisotopic (exact) mass is 413 g/mol. The normalized spacial score (nSPS) is 16.4. The molecule has 1 fully saturated rings. The van der Waals surface area contributed by atoms with E-state index in [-0.39, 0.29) is 18.0 Å². The minimum absolute atomic E-state index is 0.202. The van der Waals surface area contributed by atoms with Crippen LogP contribution in [0.4, 0.5) is 10.1 Å². The van der Waals surface area contributed by atoms with E-state index >= 15 is 0 Å². The molecule has 0 amide bonds. The van der Waals surface area contributed by atoms with Gasteiger partial charge >= 0.3 is 0 Å². The van der Waals surface area contributed by atoms with Crippen LogP contribution in [-0.4, -0.2) is 48.7 Å². The third kappa shape index (κ3) is 4.27. The van der Waals surface area contributed by atoms with Crippen LogP contribution in [0.3, 0.4) is 0 Å². The SMILES string of the molecule is O=[N+]([O-])c1ccccc1S(=O)(=O)N1CCN(Cc2ccc(F)cc2Cl)CC1. The predicted molar refractivity (Wildman–Crippen MR) is 98.5 cm³/mol. The summed E-state index contributed by atoms with van der Waals surface area (Å²) in [4.78, 5) is 12.1. The van der Waals surface area contributed by atoms with Gasteiger partial charge in [-0.2, -0.15) is 4.31 Å². The first-order valence-electron chi connectivity index (χ1n) is 8.19. The van der Waals surface area contributed by atoms with Gasteiger partial charge in [-0.3, -0.25) is 15.0 Å². The van der Waals surface area contributed by atoms with Crippen LogP contribution in [0, 0.1) is 15.9 Å². The van der Waals surface area contributed by atoms with Crippen LogP contribution < -0.4 is 0 Å². The number of sulfonamides is 1. The molecule has 10 heteroatoms. The lowest BCUT2D eigenvalue weighted by atomic mass is 10.2. The Balaban J connectivity index is 1.71. The summed E-state index contributed by atoms with van der Waals surface area (Å²) in [7, 11) is -3.96. The highest BCUT2D eigenvalue weighted by atomic mass is 35.5. The van der Waals surface area contributed by atoms with Gasteiger partial charge in [-0.25, -0.2) is 12.8 Å². The first kappa shape index (κ1) is 19.7. The number of hydrogen-bond acceptors (Lipinski definition) is 5. The highest BCUT2D eigenvalue weighted by Gasteiger charge is 2.33. The molecule has 0 aromatic heterocycles. The van der Waals surface area contributed by atoms with E-state index in [0.29, 0.717) is 24.7 Å². The highest BCUT2D eigenvalue weighted by molar-refractivity contribution is 7.89. The lowest BCUT2D eigenvalue weighted by molar-refractivity contribution is -0.387. The van der Waals surface area contributed by atoms with Crippen molar-refractivity contribution in [2.24, 2.45) is 0 Å². The second-order valence-corrected chi connectivity index (χ2v) is 8.45. The molecular formula is C17H17ClFN3O4S. The second-order valence-electron chi connectivity index (χ2n) is 6.14. The van der Waals surface area contributed by atoms with Gasteiger partial charge in [0.15, 0.2) is 4.90 Å². The summed E-state index contributed by atoms with van der Waals surface area (Å²) in [6.45, 7) is 1.75. The molecule has 0 spiro atoms. The summed E-state index contributed by atoms with van der Waals surface area (Å²) in [6, 6.07) is 9.50. The minimum atomic E-state index is -3.96. The van der Waals surface area contributed by atoms with Crippen LogP contribution in [0.15, 0.2) is 47.4 Å². The molecule has 0 atom stereocenters. The summed E-state index contributed by atoms with van der Waals surface area (Å²) in [5.41, 5.74) is 0.325. The van der Waals surface area contributed by atoms with Crippen LogP contribution >= 0.6 is 11.6 Å². The number of rotatable bonds is 5. The zero-order valence-corrected chi connectivity index (χ0v) is 15.8. The number of piperazine rings is 1. The number of hydrogen-bond donors (Lipinski definition) is 0.